The molecule has 1 fully saturated rings. The van der Waals surface area contributed by atoms with Crippen molar-refractivity contribution in [1.82, 2.24) is 9.88 Å². The summed E-state index contributed by atoms with van der Waals surface area (Å²) in [7, 11) is 0. The predicted octanol–water partition coefficient (Wildman–Crippen LogP) is 3.85. The minimum Gasteiger partial charge on any atom is -0.465 e. The molecule has 24 heavy (non-hydrogen) atoms. The van der Waals surface area contributed by atoms with Gasteiger partial charge in [-0.3, -0.25) is 9.88 Å². The summed E-state index contributed by atoms with van der Waals surface area (Å²) in [5.41, 5.74) is -1.74. The maximum absolute atomic E-state index is 12.9. The molecule has 1 aromatic rings. The normalized spacial score (nSPS) is 21.9. The number of halogens is 3. The lowest BCUT2D eigenvalue weighted by atomic mass is 9.92. The molecule has 1 N–H and O–H groups in total. The van der Waals surface area contributed by atoms with E-state index in [-0.39, 0.29) is 0 Å². The first kappa shape index (κ1) is 18.4. The zero-order valence-corrected chi connectivity index (χ0v) is 14.2. The van der Waals surface area contributed by atoms with Gasteiger partial charge < -0.3 is 10.0 Å². The SMILES string of the molecule is CC(C)(C)N(C(=O)O)[C@]1(C)CCN(c2cncc(C(F)(F)F)c2)C1. The van der Waals surface area contributed by atoms with Gasteiger partial charge in [-0.1, -0.05) is 0 Å². The average Bonchev–Trinajstić information content (AvgIpc) is 2.78. The van der Waals surface area contributed by atoms with Crippen LogP contribution in [0.15, 0.2) is 18.5 Å². The van der Waals surface area contributed by atoms with Crippen molar-refractivity contribution in [3.63, 3.8) is 0 Å². The number of alkyl halides is 3. The van der Waals surface area contributed by atoms with Crippen molar-refractivity contribution in [3.8, 4) is 0 Å². The van der Waals surface area contributed by atoms with Crippen molar-refractivity contribution in [2.45, 2.75) is 51.4 Å². The third-order valence-electron chi connectivity index (χ3n) is 4.27. The number of nitrogens with zero attached hydrogens (tertiary/aromatic N) is 3. The van der Waals surface area contributed by atoms with Crippen molar-refractivity contribution in [2.24, 2.45) is 0 Å². The van der Waals surface area contributed by atoms with Gasteiger partial charge in [-0.15, -0.1) is 0 Å². The molecular weight excluding hydrogens is 323 g/mol. The van der Waals surface area contributed by atoms with E-state index in [1.54, 1.807) is 25.7 Å². The Bertz CT molecular complexity index is 628. The monoisotopic (exact) mass is 345 g/mol. The standard InChI is InChI=1S/C16H22F3N3O2/c1-14(2,3)22(13(23)24)15(4)5-6-21(10-15)12-7-11(8-20-9-12)16(17,18)19/h7-9H,5-6,10H2,1-4H3,(H,23,24)/t15-/m1/s1. The number of rotatable bonds is 2. The number of carbonyl (C=O) groups is 1. The van der Waals surface area contributed by atoms with Crippen LogP contribution in [0, 0.1) is 0 Å². The Labute approximate surface area is 139 Å². The zero-order chi connectivity index (χ0) is 18.3. The lowest BCUT2D eigenvalue weighted by Crippen LogP contribution is -2.59. The molecule has 0 aliphatic carbocycles. The molecule has 0 aromatic carbocycles. The van der Waals surface area contributed by atoms with Gasteiger partial charge in [0.1, 0.15) is 0 Å². The van der Waals surface area contributed by atoms with Crippen LogP contribution >= 0.6 is 0 Å². The molecule has 1 aliphatic heterocycles. The number of hydrogen-bond acceptors (Lipinski definition) is 3. The van der Waals surface area contributed by atoms with Crippen LogP contribution in [0.3, 0.4) is 0 Å². The molecule has 1 amide bonds. The van der Waals surface area contributed by atoms with Crippen LogP contribution in [0.2, 0.25) is 0 Å². The number of aromatic nitrogens is 1. The van der Waals surface area contributed by atoms with E-state index in [9.17, 15) is 23.1 Å². The van der Waals surface area contributed by atoms with E-state index in [0.717, 1.165) is 12.3 Å². The van der Waals surface area contributed by atoms with Crippen LogP contribution in [0.1, 0.15) is 39.7 Å². The summed E-state index contributed by atoms with van der Waals surface area (Å²) in [4.78, 5) is 18.5. The van der Waals surface area contributed by atoms with E-state index in [2.05, 4.69) is 4.98 Å². The fourth-order valence-corrected chi connectivity index (χ4v) is 3.43. The number of hydrogen-bond donors (Lipinski definition) is 1. The molecule has 2 heterocycles. The first-order chi connectivity index (χ1) is 10.8. The van der Waals surface area contributed by atoms with Gasteiger partial charge in [0.15, 0.2) is 0 Å². The highest BCUT2D eigenvalue weighted by Gasteiger charge is 2.46. The molecule has 8 heteroatoms. The molecule has 1 aliphatic rings. The van der Waals surface area contributed by atoms with Gasteiger partial charge in [0.2, 0.25) is 0 Å². The highest BCUT2D eigenvalue weighted by Crippen LogP contribution is 2.37. The zero-order valence-electron chi connectivity index (χ0n) is 14.2. The quantitative estimate of drug-likeness (QED) is 0.885. The Balaban J connectivity index is 2.28. The fourth-order valence-electron chi connectivity index (χ4n) is 3.43. The smallest absolute Gasteiger partial charge is 0.417 e. The topological polar surface area (TPSA) is 56.7 Å². The molecule has 0 radical (unpaired) electrons. The molecule has 1 saturated heterocycles. The molecule has 1 atom stereocenters. The van der Waals surface area contributed by atoms with Crippen molar-refractivity contribution in [3.05, 3.63) is 24.0 Å². The fraction of sp³-hybridized carbons (Fsp3) is 0.625. The number of pyridine rings is 1. The van der Waals surface area contributed by atoms with Gasteiger partial charge in [0.05, 0.1) is 23.0 Å². The van der Waals surface area contributed by atoms with Crippen LogP contribution in [0.4, 0.5) is 23.7 Å². The van der Waals surface area contributed by atoms with E-state index in [4.69, 9.17) is 0 Å². The van der Waals surface area contributed by atoms with Crippen molar-refractivity contribution in [1.29, 1.82) is 0 Å². The molecule has 0 bridgehead atoms. The second-order valence-electron chi connectivity index (χ2n) is 7.39. The number of carboxylic acid groups (broad SMARTS) is 1. The van der Waals surface area contributed by atoms with Gasteiger partial charge in [-0.25, -0.2) is 4.79 Å². The van der Waals surface area contributed by atoms with Crippen LogP contribution < -0.4 is 4.90 Å². The van der Waals surface area contributed by atoms with E-state index < -0.39 is 28.9 Å². The molecule has 5 nitrogen and oxygen atoms in total. The van der Waals surface area contributed by atoms with Crippen LogP contribution in [-0.2, 0) is 6.18 Å². The number of amides is 1. The van der Waals surface area contributed by atoms with Gasteiger partial charge in [-0.05, 0) is 40.2 Å². The average molecular weight is 345 g/mol. The van der Waals surface area contributed by atoms with E-state index >= 15 is 0 Å². The Hall–Kier alpha value is -1.99. The molecule has 1 aromatic heterocycles. The third kappa shape index (κ3) is 3.57. The van der Waals surface area contributed by atoms with Crippen molar-refractivity contribution < 1.29 is 23.1 Å². The molecule has 2 rings (SSSR count). The highest BCUT2D eigenvalue weighted by molar-refractivity contribution is 5.68. The summed E-state index contributed by atoms with van der Waals surface area (Å²) < 4.78 is 38.6. The molecule has 0 saturated carbocycles. The van der Waals surface area contributed by atoms with Crippen LogP contribution in [-0.4, -0.2) is 45.3 Å². The summed E-state index contributed by atoms with van der Waals surface area (Å²) in [5, 5.41) is 9.59. The lowest BCUT2D eigenvalue weighted by Gasteiger charge is -2.45. The van der Waals surface area contributed by atoms with Gasteiger partial charge in [0.25, 0.3) is 0 Å². The minimum atomic E-state index is -4.45. The summed E-state index contributed by atoms with van der Waals surface area (Å²) in [6, 6.07) is 1.06. The lowest BCUT2D eigenvalue weighted by molar-refractivity contribution is -0.137. The Morgan fingerprint density at radius 2 is 1.96 bits per heavy atom. The van der Waals surface area contributed by atoms with E-state index in [0.29, 0.717) is 25.2 Å². The summed E-state index contributed by atoms with van der Waals surface area (Å²) in [6.45, 7) is 8.04. The van der Waals surface area contributed by atoms with Crippen LogP contribution in [0.25, 0.3) is 0 Å². The number of anilines is 1. The van der Waals surface area contributed by atoms with E-state index in [1.165, 1.54) is 11.1 Å². The molecular formula is C16H22F3N3O2. The van der Waals surface area contributed by atoms with Gasteiger partial charge in [0, 0.05) is 24.8 Å². The first-order valence-electron chi connectivity index (χ1n) is 7.65. The Kier molecular flexibility index (Phi) is 4.45. The largest absolute Gasteiger partial charge is 0.465 e. The van der Waals surface area contributed by atoms with Crippen molar-refractivity contribution in [2.75, 3.05) is 18.0 Å². The highest BCUT2D eigenvalue weighted by atomic mass is 19.4. The molecule has 0 unspecified atom stereocenters. The predicted molar refractivity (Wildman–Crippen MR) is 84.1 cm³/mol. The first-order valence-corrected chi connectivity index (χ1v) is 7.65. The molecule has 0 spiro atoms. The summed E-state index contributed by atoms with van der Waals surface area (Å²) >= 11 is 0. The summed E-state index contributed by atoms with van der Waals surface area (Å²) in [6.07, 6.45) is -2.79. The Morgan fingerprint density at radius 3 is 2.46 bits per heavy atom. The minimum absolute atomic E-state index is 0.319. The van der Waals surface area contributed by atoms with Gasteiger partial charge >= 0.3 is 12.3 Å². The van der Waals surface area contributed by atoms with E-state index in [1.807, 2.05) is 6.92 Å². The maximum atomic E-state index is 12.9. The second-order valence-corrected chi connectivity index (χ2v) is 7.39. The van der Waals surface area contributed by atoms with Crippen LogP contribution in [0.5, 0.6) is 0 Å². The molecule has 134 valence electrons. The van der Waals surface area contributed by atoms with Gasteiger partial charge in [-0.2, -0.15) is 13.2 Å². The third-order valence-corrected chi connectivity index (χ3v) is 4.27. The summed E-state index contributed by atoms with van der Waals surface area (Å²) in [5.74, 6) is 0. The maximum Gasteiger partial charge on any atom is 0.417 e. The Morgan fingerprint density at radius 1 is 1.33 bits per heavy atom. The van der Waals surface area contributed by atoms with Crippen molar-refractivity contribution >= 4 is 11.8 Å². The second kappa shape index (κ2) is 5.82.